The van der Waals surface area contributed by atoms with Gasteiger partial charge in [0.1, 0.15) is 0 Å². The average molecular weight is 270 g/mol. The van der Waals surface area contributed by atoms with Crippen LogP contribution in [0, 0.1) is 10.1 Å². The molecule has 1 rings (SSSR count). The van der Waals surface area contributed by atoms with Crippen LogP contribution in [-0.4, -0.2) is 19.9 Å². The summed E-state index contributed by atoms with van der Waals surface area (Å²) < 4.78 is 25.6. The van der Waals surface area contributed by atoms with Crippen LogP contribution < -0.4 is 4.72 Å². The first kappa shape index (κ1) is 14.3. The van der Waals surface area contributed by atoms with E-state index in [0.29, 0.717) is 18.5 Å². The fourth-order valence-electron chi connectivity index (χ4n) is 1.30. The minimum Gasteiger partial charge on any atom is -0.258 e. The summed E-state index contributed by atoms with van der Waals surface area (Å²) in [5.41, 5.74) is 0.447. The molecule has 7 heteroatoms. The van der Waals surface area contributed by atoms with E-state index in [-0.39, 0.29) is 11.4 Å². The Kier molecular flexibility index (Phi) is 4.99. The topological polar surface area (TPSA) is 89.3 Å². The Bertz CT molecular complexity index is 522. The van der Waals surface area contributed by atoms with Gasteiger partial charge in [-0.3, -0.25) is 10.1 Å². The molecule has 1 aromatic rings. The Morgan fingerprint density at radius 1 is 1.33 bits per heavy atom. The van der Waals surface area contributed by atoms with Gasteiger partial charge in [0.25, 0.3) is 5.69 Å². The SMILES string of the molecule is C=CCCNS(=O)(=O)Cc1ccc([N+](=O)[O-])cc1. The van der Waals surface area contributed by atoms with Crippen molar-refractivity contribution in [2.24, 2.45) is 0 Å². The summed E-state index contributed by atoms with van der Waals surface area (Å²) in [5.74, 6) is -0.192. The number of nitro groups is 1. The standard InChI is InChI=1S/C11H14N2O4S/c1-2-3-8-12-18(16,17)9-10-4-6-11(7-5-10)13(14)15/h2,4-7,12H,1,3,8-9H2. The smallest absolute Gasteiger partial charge is 0.258 e. The molecule has 0 aromatic heterocycles. The zero-order valence-corrected chi connectivity index (χ0v) is 10.5. The van der Waals surface area contributed by atoms with E-state index in [9.17, 15) is 18.5 Å². The molecule has 0 aliphatic heterocycles. The molecule has 0 bridgehead atoms. The van der Waals surface area contributed by atoms with Gasteiger partial charge in [-0.2, -0.15) is 0 Å². The number of hydrogen-bond acceptors (Lipinski definition) is 4. The molecule has 98 valence electrons. The van der Waals surface area contributed by atoms with Crippen molar-refractivity contribution in [3.05, 3.63) is 52.6 Å². The van der Waals surface area contributed by atoms with Crippen molar-refractivity contribution < 1.29 is 13.3 Å². The molecule has 0 spiro atoms. The van der Waals surface area contributed by atoms with Crippen LogP contribution in [0.25, 0.3) is 0 Å². The summed E-state index contributed by atoms with van der Waals surface area (Å²) in [6.45, 7) is 3.80. The van der Waals surface area contributed by atoms with Crippen LogP contribution in [0.3, 0.4) is 0 Å². The number of benzene rings is 1. The Balaban J connectivity index is 2.66. The maximum atomic E-state index is 11.6. The number of nitrogens with one attached hydrogen (secondary N) is 1. The van der Waals surface area contributed by atoms with Gasteiger partial charge in [0.05, 0.1) is 10.7 Å². The van der Waals surface area contributed by atoms with Crippen LogP contribution in [0.2, 0.25) is 0 Å². The molecule has 0 fully saturated rings. The van der Waals surface area contributed by atoms with E-state index < -0.39 is 14.9 Å². The lowest BCUT2D eigenvalue weighted by molar-refractivity contribution is -0.384. The highest BCUT2D eigenvalue weighted by Gasteiger charge is 2.11. The van der Waals surface area contributed by atoms with Gasteiger partial charge in [-0.25, -0.2) is 13.1 Å². The third-order valence-corrected chi connectivity index (χ3v) is 3.53. The predicted octanol–water partition coefficient (Wildman–Crippen LogP) is 1.59. The number of nitro benzene ring substituents is 1. The number of nitrogens with zero attached hydrogens (tertiary/aromatic N) is 1. The van der Waals surface area contributed by atoms with E-state index >= 15 is 0 Å². The van der Waals surface area contributed by atoms with Gasteiger partial charge in [-0.05, 0) is 12.0 Å². The van der Waals surface area contributed by atoms with Crippen molar-refractivity contribution in [2.45, 2.75) is 12.2 Å². The first-order valence-corrected chi connectivity index (χ1v) is 6.91. The number of rotatable bonds is 7. The molecule has 0 aliphatic carbocycles. The molecule has 0 amide bonds. The second-order valence-electron chi connectivity index (χ2n) is 3.65. The van der Waals surface area contributed by atoms with Gasteiger partial charge < -0.3 is 0 Å². The summed E-state index contributed by atoms with van der Waals surface area (Å²) in [5, 5.41) is 10.4. The normalized spacial score (nSPS) is 11.1. The summed E-state index contributed by atoms with van der Waals surface area (Å²) in [7, 11) is -3.41. The van der Waals surface area contributed by atoms with Gasteiger partial charge in [0.15, 0.2) is 0 Å². The minimum atomic E-state index is -3.41. The number of hydrogen-bond donors (Lipinski definition) is 1. The first-order valence-electron chi connectivity index (χ1n) is 5.26. The van der Waals surface area contributed by atoms with Gasteiger partial charge in [-0.15, -0.1) is 6.58 Å². The van der Waals surface area contributed by atoms with Gasteiger partial charge in [-0.1, -0.05) is 18.2 Å². The van der Waals surface area contributed by atoms with E-state index in [1.165, 1.54) is 24.3 Å². The van der Waals surface area contributed by atoms with Crippen molar-refractivity contribution in [3.8, 4) is 0 Å². The molecule has 18 heavy (non-hydrogen) atoms. The maximum absolute atomic E-state index is 11.6. The fourth-order valence-corrected chi connectivity index (χ4v) is 2.46. The molecule has 0 saturated heterocycles. The zero-order valence-electron chi connectivity index (χ0n) is 9.70. The lowest BCUT2D eigenvalue weighted by Gasteiger charge is -2.05. The Labute approximate surface area is 106 Å². The van der Waals surface area contributed by atoms with Crippen LogP contribution in [0.15, 0.2) is 36.9 Å². The monoisotopic (exact) mass is 270 g/mol. The largest absolute Gasteiger partial charge is 0.269 e. The van der Waals surface area contributed by atoms with E-state index in [2.05, 4.69) is 11.3 Å². The molecule has 6 nitrogen and oxygen atoms in total. The minimum absolute atomic E-state index is 0.0595. The zero-order chi connectivity index (χ0) is 13.6. The third kappa shape index (κ3) is 4.64. The molecule has 1 N–H and O–H groups in total. The highest BCUT2D eigenvalue weighted by Crippen LogP contribution is 2.13. The van der Waals surface area contributed by atoms with Crippen molar-refractivity contribution in [3.63, 3.8) is 0 Å². The highest BCUT2D eigenvalue weighted by atomic mass is 32.2. The molecule has 0 aliphatic rings. The van der Waals surface area contributed by atoms with Gasteiger partial charge in [0.2, 0.25) is 10.0 Å². The van der Waals surface area contributed by atoms with Crippen molar-refractivity contribution in [1.82, 2.24) is 4.72 Å². The third-order valence-electron chi connectivity index (χ3n) is 2.17. The van der Waals surface area contributed by atoms with Gasteiger partial charge >= 0.3 is 0 Å². The molecule has 0 radical (unpaired) electrons. The first-order chi connectivity index (χ1) is 8.44. The van der Waals surface area contributed by atoms with Crippen LogP contribution in [0.5, 0.6) is 0 Å². The summed E-state index contributed by atoms with van der Waals surface area (Å²) in [6.07, 6.45) is 2.17. The second-order valence-corrected chi connectivity index (χ2v) is 5.46. The molecular formula is C11H14N2O4S. The number of sulfonamides is 1. The molecular weight excluding hydrogens is 256 g/mol. The molecule has 0 atom stereocenters. The van der Waals surface area contributed by atoms with Crippen molar-refractivity contribution >= 4 is 15.7 Å². The predicted molar refractivity (Wildman–Crippen MR) is 68.5 cm³/mol. The number of non-ortho nitro benzene ring substituents is 1. The van der Waals surface area contributed by atoms with E-state index in [1.54, 1.807) is 6.08 Å². The fraction of sp³-hybridized carbons (Fsp3) is 0.273. The van der Waals surface area contributed by atoms with Crippen LogP contribution >= 0.6 is 0 Å². The Morgan fingerprint density at radius 2 is 1.94 bits per heavy atom. The molecule has 1 aromatic carbocycles. The Morgan fingerprint density at radius 3 is 2.44 bits per heavy atom. The van der Waals surface area contributed by atoms with E-state index in [0.717, 1.165) is 0 Å². The summed E-state index contributed by atoms with van der Waals surface area (Å²) in [6, 6.07) is 5.44. The van der Waals surface area contributed by atoms with E-state index in [4.69, 9.17) is 0 Å². The summed E-state index contributed by atoms with van der Waals surface area (Å²) >= 11 is 0. The van der Waals surface area contributed by atoms with Crippen LogP contribution in [-0.2, 0) is 15.8 Å². The van der Waals surface area contributed by atoms with Crippen LogP contribution in [0.1, 0.15) is 12.0 Å². The van der Waals surface area contributed by atoms with Gasteiger partial charge in [0, 0.05) is 18.7 Å². The molecule has 0 unspecified atom stereocenters. The van der Waals surface area contributed by atoms with E-state index in [1.807, 2.05) is 0 Å². The van der Waals surface area contributed by atoms with Crippen molar-refractivity contribution in [1.29, 1.82) is 0 Å². The lowest BCUT2D eigenvalue weighted by atomic mass is 10.2. The summed E-state index contributed by atoms with van der Waals surface area (Å²) in [4.78, 5) is 9.91. The quantitative estimate of drug-likeness (QED) is 0.352. The molecule has 0 saturated carbocycles. The maximum Gasteiger partial charge on any atom is 0.269 e. The van der Waals surface area contributed by atoms with Crippen LogP contribution in [0.4, 0.5) is 5.69 Å². The lowest BCUT2D eigenvalue weighted by Crippen LogP contribution is -2.25. The van der Waals surface area contributed by atoms with Crippen molar-refractivity contribution in [2.75, 3.05) is 6.54 Å². The molecule has 0 heterocycles. The average Bonchev–Trinajstić information content (AvgIpc) is 2.29. The highest BCUT2D eigenvalue weighted by molar-refractivity contribution is 7.88. The Hall–Kier alpha value is -1.73. The second kappa shape index (κ2) is 6.27.